The summed E-state index contributed by atoms with van der Waals surface area (Å²) in [6.45, 7) is 4.06. The molecule has 2 aromatic carbocycles. The Bertz CT molecular complexity index is 1500. The Labute approximate surface area is 202 Å². The lowest BCUT2D eigenvalue weighted by Crippen LogP contribution is -2.40. The average Bonchev–Trinajstić information content (AvgIpc) is 3.24. The summed E-state index contributed by atoms with van der Waals surface area (Å²) in [5, 5.41) is 0. The zero-order valence-corrected chi connectivity index (χ0v) is 20.1. The fourth-order valence-corrected chi connectivity index (χ4v) is 5.57. The molecule has 5 rings (SSSR count). The van der Waals surface area contributed by atoms with Gasteiger partial charge in [-0.05, 0) is 42.8 Å². The molecule has 1 saturated heterocycles. The van der Waals surface area contributed by atoms with Crippen molar-refractivity contribution >= 4 is 38.1 Å². The van der Waals surface area contributed by atoms with Gasteiger partial charge in [-0.1, -0.05) is 6.92 Å². The topological polar surface area (TPSA) is 117 Å². The Morgan fingerprint density at radius 3 is 2.57 bits per heavy atom. The number of benzene rings is 2. The number of hydrogen-bond donors (Lipinski definition) is 0. The van der Waals surface area contributed by atoms with E-state index in [1.165, 1.54) is 4.31 Å². The van der Waals surface area contributed by atoms with Crippen LogP contribution < -0.4 is 0 Å². The lowest BCUT2D eigenvalue weighted by Gasteiger charge is -2.26. The lowest BCUT2D eigenvalue weighted by atomic mass is 10.2. The number of carbonyl (C=O) groups is 1. The second-order valence-electron chi connectivity index (χ2n) is 8.18. The maximum atomic E-state index is 13.1. The molecule has 0 N–H and O–H groups in total. The van der Waals surface area contributed by atoms with Crippen LogP contribution in [0, 0.1) is 0 Å². The van der Waals surface area contributed by atoms with Crippen molar-refractivity contribution in [1.29, 1.82) is 0 Å². The standard InChI is InChI=1S/C24H25N5O5S/c1-2-9-29-22-6-4-18(35(31,32)28-10-12-33-13-11-28)15-21(22)27-23(29)16-34-24(30)17-3-5-19-20(14-17)26-8-7-25-19/h3-8,14-15H,2,9-13,16H2,1H3. The summed E-state index contributed by atoms with van der Waals surface area (Å²) in [4.78, 5) is 25.9. The van der Waals surface area contributed by atoms with Gasteiger partial charge >= 0.3 is 5.97 Å². The van der Waals surface area contributed by atoms with E-state index < -0.39 is 16.0 Å². The molecular weight excluding hydrogens is 470 g/mol. The minimum Gasteiger partial charge on any atom is -0.454 e. The third kappa shape index (κ3) is 4.62. The highest BCUT2D eigenvalue weighted by atomic mass is 32.2. The molecule has 4 aromatic rings. The molecule has 0 amide bonds. The van der Waals surface area contributed by atoms with Gasteiger partial charge in [0.25, 0.3) is 0 Å². The van der Waals surface area contributed by atoms with E-state index in [0.29, 0.717) is 60.8 Å². The van der Waals surface area contributed by atoms with Crippen LogP contribution in [0.25, 0.3) is 22.1 Å². The van der Waals surface area contributed by atoms with Gasteiger partial charge in [0, 0.05) is 32.0 Å². The summed E-state index contributed by atoms with van der Waals surface area (Å²) >= 11 is 0. The maximum absolute atomic E-state index is 13.1. The third-order valence-corrected chi connectivity index (χ3v) is 7.79. The smallest absolute Gasteiger partial charge is 0.338 e. The molecule has 1 aliphatic heterocycles. The molecule has 0 spiro atoms. The van der Waals surface area contributed by atoms with Crippen LogP contribution >= 0.6 is 0 Å². The number of sulfonamides is 1. The molecule has 35 heavy (non-hydrogen) atoms. The van der Waals surface area contributed by atoms with Crippen molar-refractivity contribution in [3.8, 4) is 0 Å². The second-order valence-corrected chi connectivity index (χ2v) is 10.1. The molecule has 3 heterocycles. The highest BCUT2D eigenvalue weighted by Crippen LogP contribution is 2.24. The van der Waals surface area contributed by atoms with Gasteiger partial charge in [0.15, 0.2) is 0 Å². The molecule has 11 heteroatoms. The lowest BCUT2D eigenvalue weighted by molar-refractivity contribution is 0.0458. The van der Waals surface area contributed by atoms with E-state index in [1.807, 2.05) is 11.5 Å². The van der Waals surface area contributed by atoms with Crippen LogP contribution in [0.3, 0.4) is 0 Å². The van der Waals surface area contributed by atoms with Gasteiger partial charge in [0.2, 0.25) is 10.0 Å². The number of morpholine rings is 1. The van der Waals surface area contributed by atoms with Crippen LogP contribution in [-0.4, -0.2) is 64.5 Å². The van der Waals surface area contributed by atoms with Crippen molar-refractivity contribution in [3.05, 3.63) is 60.2 Å². The molecule has 0 unspecified atom stereocenters. The summed E-state index contributed by atoms with van der Waals surface area (Å²) in [5.41, 5.74) is 3.00. The molecule has 0 radical (unpaired) electrons. The van der Waals surface area contributed by atoms with Gasteiger partial charge < -0.3 is 14.0 Å². The number of hydrogen-bond acceptors (Lipinski definition) is 8. The minimum absolute atomic E-state index is 0.0441. The van der Waals surface area contributed by atoms with Gasteiger partial charge in [0.05, 0.1) is 45.7 Å². The molecule has 2 aromatic heterocycles. The number of fused-ring (bicyclic) bond motifs is 2. The number of rotatable bonds is 7. The molecule has 1 fully saturated rings. The number of aromatic nitrogens is 4. The van der Waals surface area contributed by atoms with E-state index in [2.05, 4.69) is 15.0 Å². The second kappa shape index (κ2) is 9.68. The predicted octanol–water partition coefficient (Wildman–Crippen LogP) is 2.77. The predicted molar refractivity (Wildman–Crippen MR) is 128 cm³/mol. The zero-order valence-electron chi connectivity index (χ0n) is 19.3. The van der Waals surface area contributed by atoms with Crippen molar-refractivity contribution in [2.24, 2.45) is 0 Å². The molecule has 0 aliphatic carbocycles. The van der Waals surface area contributed by atoms with E-state index in [1.54, 1.807) is 48.8 Å². The number of ether oxygens (including phenoxy) is 2. The van der Waals surface area contributed by atoms with Crippen LogP contribution in [0.2, 0.25) is 0 Å². The highest BCUT2D eigenvalue weighted by molar-refractivity contribution is 7.89. The van der Waals surface area contributed by atoms with Crippen molar-refractivity contribution in [1.82, 2.24) is 23.8 Å². The Balaban J connectivity index is 1.40. The van der Waals surface area contributed by atoms with Crippen molar-refractivity contribution in [2.45, 2.75) is 31.4 Å². The molecule has 1 aliphatic rings. The van der Waals surface area contributed by atoms with Gasteiger partial charge in [0.1, 0.15) is 12.4 Å². The van der Waals surface area contributed by atoms with Crippen molar-refractivity contribution in [2.75, 3.05) is 26.3 Å². The van der Waals surface area contributed by atoms with Crippen molar-refractivity contribution in [3.63, 3.8) is 0 Å². The third-order valence-electron chi connectivity index (χ3n) is 5.89. The Kier molecular flexibility index (Phi) is 6.46. The number of aryl methyl sites for hydroxylation is 1. The quantitative estimate of drug-likeness (QED) is 0.359. The van der Waals surface area contributed by atoms with Gasteiger partial charge in [-0.25, -0.2) is 18.2 Å². The zero-order chi connectivity index (χ0) is 24.4. The minimum atomic E-state index is -3.64. The molecule has 182 valence electrons. The first kappa shape index (κ1) is 23.3. The monoisotopic (exact) mass is 495 g/mol. The van der Waals surface area contributed by atoms with Crippen LogP contribution in [-0.2, 0) is 32.6 Å². The van der Waals surface area contributed by atoms with Gasteiger partial charge in [-0.15, -0.1) is 0 Å². The van der Waals surface area contributed by atoms with Gasteiger partial charge in [-0.3, -0.25) is 9.97 Å². The van der Waals surface area contributed by atoms with E-state index in [-0.39, 0.29) is 11.5 Å². The van der Waals surface area contributed by atoms with Crippen molar-refractivity contribution < 1.29 is 22.7 Å². The fourth-order valence-electron chi connectivity index (χ4n) is 4.14. The fraction of sp³-hybridized carbons (Fsp3) is 0.333. The maximum Gasteiger partial charge on any atom is 0.338 e. The Hall–Kier alpha value is -3.41. The number of esters is 1. The molecule has 0 atom stereocenters. The van der Waals surface area contributed by atoms with Crippen LogP contribution in [0.15, 0.2) is 53.7 Å². The van der Waals surface area contributed by atoms with E-state index >= 15 is 0 Å². The summed E-state index contributed by atoms with van der Waals surface area (Å²) in [5.74, 6) is 0.0555. The Morgan fingerprint density at radius 2 is 1.80 bits per heavy atom. The molecule has 10 nitrogen and oxygen atoms in total. The van der Waals surface area contributed by atoms with Crippen LogP contribution in [0.1, 0.15) is 29.5 Å². The van der Waals surface area contributed by atoms with E-state index in [0.717, 1.165) is 11.9 Å². The number of carbonyl (C=O) groups excluding carboxylic acids is 1. The molecular formula is C24H25N5O5S. The summed E-state index contributed by atoms with van der Waals surface area (Å²) in [7, 11) is -3.64. The largest absolute Gasteiger partial charge is 0.454 e. The summed E-state index contributed by atoms with van der Waals surface area (Å²) < 4.78 is 40.4. The normalized spacial score (nSPS) is 15.0. The van der Waals surface area contributed by atoms with Gasteiger partial charge in [-0.2, -0.15) is 4.31 Å². The van der Waals surface area contributed by atoms with Crippen LogP contribution in [0.4, 0.5) is 0 Å². The number of nitrogens with zero attached hydrogens (tertiary/aromatic N) is 5. The van der Waals surface area contributed by atoms with E-state index in [4.69, 9.17) is 9.47 Å². The Morgan fingerprint density at radius 1 is 1.03 bits per heavy atom. The molecule has 0 saturated carbocycles. The molecule has 0 bridgehead atoms. The van der Waals surface area contributed by atoms with Crippen LogP contribution in [0.5, 0.6) is 0 Å². The highest BCUT2D eigenvalue weighted by Gasteiger charge is 2.27. The SMILES string of the molecule is CCCn1c(COC(=O)c2ccc3nccnc3c2)nc2cc(S(=O)(=O)N3CCOCC3)ccc21. The average molecular weight is 496 g/mol. The summed E-state index contributed by atoms with van der Waals surface area (Å²) in [6.07, 6.45) is 4.00. The number of imidazole rings is 1. The van der Waals surface area contributed by atoms with E-state index in [9.17, 15) is 13.2 Å². The summed E-state index contributed by atoms with van der Waals surface area (Å²) in [6, 6.07) is 9.96. The first-order chi connectivity index (χ1) is 17.0. The first-order valence-electron chi connectivity index (χ1n) is 11.4. The first-order valence-corrected chi connectivity index (χ1v) is 12.9.